The average molecular weight is 278 g/mol. The number of carboxylic acid groups (broad SMARTS) is 1. The SMILES string of the molecule is CC(C)(C)C(=O)SC/C(=C/c1ccccc1)C(=O)O. The van der Waals surface area contributed by atoms with Crippen molar-refractivity contribution in [2.45, 2.75) is 20.8 Å². The van der Waals surface area contributed by atoms with Gasteiger partial charge in [0.25, 0.3) is 0 Å². The van der Waals surface area contributed by atoms with Crippen LogP contribution in [0.1, 0.15) is 26.3 Å². The molecule has 0 heterocycles. The van der Waals surface area contributed by atoms with Gasteiger partial charge >= 0.3 is 5.97 Å². The highest BCUT2D eigenvalue weighted by molar-refractivity contribution is 8.13. The number of aliphatic carboxylic acids is 1. The molecule has 0 amide bonds. The molecule has 0 aliphatic carbocycles. The predicted molar refractivity (Wildman–Crippen MR) is 79.0 cm³/mol. The van der Waals surface area contributed by atoms with Crippen LogP contribution in [-0.2, 0) is 9.59 Å². The van der Waals surface area contributed by atoms with Crippen LogP contribution < -0.4 is 0 Å². The lowest BCUT2D eigenvalue weighted by Crippen LogP contribution is -2.17. The van der Waals surface area contributed by atoms with Crippen molar-refractivity contribution in [1.82, 2.24) is 0 Å². The smallest absolute Gasteiger partial charge is 0.332 e. The zero-order chi connectivity index (χ0) is 14.5. The molecule has 0 aromatic heterocycles. The first-order valence-corrected chi connectivity index (χ1v) is 6.95. The van der Waals surface area contributed by atoms with E-state index in [0.717, 1.165) is 17.3 Å². The lowest BCUT2D eigenvalue weighted by atomic mass is 10.00. The van der Waals surface area contributed by atoms with Gasteiger partial charge in [-0.05, 0) is 11.6 Å². The molecule has 0 spiro atoms. The van der Waals surface area contributed by atoms with Crippen LogP contribution in [0.5, 0.6) is 0 Å². The molecule has 1 N–H and O–H groups in total. The number of thioether (sulfide) groups is 1. The summed E-state index contributed by atoms with van der Waals surface area (Å²) in [5, 5.41) is 9.15. The van der Waals surface area contributed by atoms with Crippen LogP contribution in [0.15, 0.2) is 35.9 Å². The summed E-state index contributed by atoms with van der Waals surface area (Å²) < 4.78 is 0. The Balaban J connectivity index is 2.78. The van der Waals surface area contributed by atoms with Gasteiger partial charge in [0.15, 0.2) is 5.12 Å². The van der Waals surface area contributed by atoms with Crippen molar-refractivity contribution in [2.75, 3.05) is 5.75 Å². The monoisotopic (exact) mass is 278 g/mol. The summed E-state index contributed by atoms with van der Waals surface area (Å²) >= 11 is 1.05. The predicted octanol–water partition coefficient (Wildman–Crippen LogP) is 3.46. The standard InChI is InChI=1S/C15H18O3S/c1-15(2,3)14(18)19-10-12(13(16)17)9-11-7-5-4-6-8-11/h4-9H,10H2,1-3H3,(H,16,17)/b12-9-. The Bertz CT molecular complexity index is 484. The molecular formula is C15H18O3S. The van der Waals surface area contributed by atoms with E-state index >= 15 is 0 Å². The summed E-state index contributed by atoms with van der Waals surface area (Å²) in [5.74, 6) is -0.807. The van der Waals surface area contributed by atoms with Crippen molar-refractivity contribution in [3.8, 4) is 0 Å². The summed E-state index contributed by atoms with van der Waals surface area (Å²) in [5.41, 5.74) is 0.596. The van der Waals surface area contributed by atoms with E-state index in [0.29, 0.717) is 0 Å². The number of carbonyl (C=O) groups excluding carboxylic acids is 1. The lowest BCUT2D eigenvalue weighted by molar-refractivity contribution is -0.132. The highest BCUT2D eigenvalue weighted by atomic mass is 32.2. The maximum atomic E-state index is 11.8. The molecule has 0 saturated heterocycles. The molecule has 0 atom stereocenters. The zero-order valence-corrected chi connectivity index (χ0v) is 12.2. The van der Waals surface area contributed by atoms with Gasteiger partial charge in [0.1, 0.15) is 0 Å². The minimum absolute atomic E-state index is 0.00675. The van der Waals surface area contributed by atoms with Gasteiger partial charge in [0, 0.05) is 16.7 Å². The molecule has 1 aromatic carbocycles. The molecule has 0 fully saturated rings. The fraction of sp³-hybridized carbons (Fsp3) is 0.333. The van der Waals surface area contributed by atoms with Gasteiger partial charge in [-0.25, -0.2) is 4.79 Å². The number of benzene rings is 1. The summed E-state index contributed by atoms with van der Waals surface area (Å²) in [7, 11) is 0. The molecule has 4 heteroatoms. The van der Waals surface area contributed by atoms with Gasteiger partial charge in [-0.1, -0.05) is 62.9 Å². The van der Waals surface area contributed by atoms with Crippen LogP contribution >= 0.6 is 11.8 Å². The Morgan fingerprint density at radius 1 is 1.21 bits per heavy atom. The third-order valence-corrected chi connectivity index (χ3v) is 3.72. The van der Waals surface area contributed by atoms with Crippen LogP contribution in [0.3, 0.4) is 0 Å². The van der Waals surface area contributed by atoms with E-state index in [1.807, 2.05) is 51.1 Å². The first-order chi connectivity index (χ1) is 8.80. The van der Waals surface area contributed by atoms with Crippen LogP contribution in [0.25, 0.3) is 6.08 Å². The summed E-state index contributed by atoms with van der Waals surface area (Å²) in [6.07, 6.45) is 1.60. The highest BCUT2D eigenvalue weighted by Gasteiger charge is 2.22. The Labute approximate surface area is 117 Å². The molecule has 0 bridgehead atoms. The Morgan fingerprint density at radius 2 is 1.79 bits per heavy atom. The zero-order valence-electron chi connectivity index (χ0n) is 11.3. The van der Waals surface area contributed by atoms with Gasteiger partial charge < -0.3 is 5.11 Å². The van der Waals surface area contributed by atoms with E-state index in [9.17, 15) is 9.59 Å². The molecule has 0 saturated carbocycles. The fourth-order valence-corrected chi connectivity index (χ4v) is 2.20. The maximum absolute atomic E-state index is 11.8. The van der Waals surface area contributed by atoms with E-state index in [1.165, 1.54) is 0 Å². The second-order valence-electron chi connectivity index (χ2n) is 5.21. The fourth-order valence-electron chi connectivity index (χ4n) is 1.28. The van der Waals surface area contributed by atoms with Crippen LogP contribution in [0.2, 0.25) is 0 Å². The van der Waals surface area contributed by atoms with Gasteiger partial charge in [-0.2, -0.15) is 0 Å². The Kier molecular flexibility index (Phi) is 5.36. The minimum Gasteiger partial charge on any atom is -0.478 e. The topological polar surface area (TPSA) is 54.4 Å². The molecule has 3 nitrogen and oxygen atoms in total. The average Bonchev–Trinajstić information content (AvgIpc) is 2.33. The number of hydrogen-bond acceptors (Lipinski definition) is 3. The van der Waals surface area contributed by atoms with E-state index in [-0.39, 0.29) is 16.4 Å². The molecule has 102 valence electrons. The molecule has 1 rings (SSSR count). The van der Waals surface area contributed by atoms with Crippen LogP contribution in [0, 0.1) is 5.41 Å². The molecule has 0 unspecified atom stereocenters. The normalized spacial score (nSPS) is 12.3. The number of rotatable bonds is 4. The van der Waals surface area contributed by atoms with E-state index < -0.39 is 11.4 Å². The second-order valence-corrected chi connectivity index (χ2v) is 6.16. The van der Waals surface area contributed by atoms with Crippen molar-refractivity contribution < 1.29 is 14.7 Å². The molecule has 0 aliphatic rings. The van der Waals surface area contributed by atoms with Crippen LogP contribution in [-0.4, -0.2) is 21.9 Å². The number of carbonyl (C=O) groups is 2. The molecule has 0 radical (unpaired) electrons. The first kappa shape index (κ1) is 15.5. The van der Waals surface area contributed by atoms with Crippen LogP contribution in [0.4, 0.5) is 0 Å². The molecular weight excluding hydrogens is 260 g/mol. The van der Waals surface area contributed by atoms with Crippen molar-refractivity contribution in [2.24, 2.45) is 5.41 Å². The lowest BCUT2D eigenvalue weighted by Gasteiger charge is -2.15. The maximum Gasteiger partial charge on any atom is 0.332 e. The highest BCUT2D eigenvalue weighted by Crippen LogP contribution is 2.24. The van der Waals surface area contributed by atoms with Gasteiger partial charge in [-0.3, -0.25) is 4.79 Å². The Hall–Kier alpha value is -1.55. The van der Waals surface area contributed by atoms with Crippen molar-refractivity contribution in [3.05, 3.63) is 41.5 Å². The number of hydrogen-bond donors (Lipinski definition) is 1. The minimum atomic E-state index is -0.988. The largest absolute Gasteiger partial charge is 0.478 e. The first-order valence-electron chi connectivity index (χ1n) is 5.97. The molecule has 1 aromatic rings. The molecule has 0 aliphatic heterocycles. The third kappa shape index (κ3) is 5.30. The van der Waals surface area contributed by atoms with Crippen molar-refractivity contribution in [3.63, 3.8) is 0 Å². The van der Waals surface area contributed by atoms with E-state index in [4.69, 9.17) is 5.11 Å². The van der Waals surface area contributed by atoms with E-state index in [1.54, 1.807) is 6.08 Å². The third-order valence-electron chi connectivity index (χ3n) is 2.39. The number of carboxylic acids is 1. The molecule has 19 heavy (non-hydrogen) atoms. The van der Waals surface area contributed by atoms with Crippen molar-refractivity contribution >= 4 is 28.9 Å². The van der Waals surface area contributed by atoms with Gasteiger partial charge in [0.2, 0.25) is 0 Å². The van der Waals surface area contributed by atoms with E-state index in [2.05, 4.69) is 0 Å². The summed E-state index contributed by atoms with van der Waals surface area (Å²) in [4.78, 5) is 23.0. The van der Waals surface area contributed by atoms with Gasteiger partial charge in [-0.15, -0.1) is 0 Å². The second kappa shape index (κ2) is 6.57. The summed E-state index contributed by atoms with van der Waals surface area (Å²) in [6.45, 7) is 5.47. The quantitative estimate of drug-likeness (QED) is 0.857. The van der Waals surface area contributed by atoms with Crippen molar-refractivity contribution in [1.29, 1.82) is 0 Å². The Morgan fingerprint density at radius 3 is 2.26 bits per heavy atom. The summed E-state index contributed by atoms with van der Waals surface area (Å²) in [6, 6.07) is 9.23. The van der Waals surface area contributed by atoms with Gasteiger partial charge in [0.05, 0.1) is 0 Å².